The SMILES string of the molecule is CCCCC[C@H](O)/C=C/C=C\C/C=C\C/C=C\COCC(=O)O.CCCCC[C@H](O)/C=C/C=C\CCCC/C=C\COCC(=O)O. The molecule has 46 heavy (non-hydrogen) atoms. The standard InChI is InChI=1S/C19H32O4.C19H30O4/c2*1-2-3-11-14-18(20)15-12-9-7-5-4-6-8-10-13-16-23-17-19(21)22/h7,9-10,12-13,15,18,20H,2-6,8,11,14,16-17H2,1H3,(H,21,22);4,6-7,9-10,12-13,15,18,20H,2-3,5,8,11,14,16-17H2,1H3,(H,21,22)/b9-7-,13-10-,15-12+;6-4-,9-7-,13-10-,15-12+/t2*18-/m00/s1. The molecule has 0 aromatic heterocycles. The molecule has 0 heterocycles. The lowest BCUT2D eigenvalue weighted by atomic mass is 10.1. The Labute approximate surface area is 278 Å². The van der Waals surface area contributed by atoms with Gasteiger partial charge in [0.15, 0.2) is 0 Å². The van der Waals surface area contributed by atoms with Crippen LogP contribution < -0.4 is 0 Å². The van der Waals surface area contributed by atoms with Crippen LogP contribution in [0.25, 0.3) is 0 Å². The van der Waals surface area contributed by atoms with Crippen LogP contribution in [0.2, 0.25) is 0 Å². The highest BCUT2D eigenvalue weighted by Crippen LogP contribution is 2.06. The summed E-state index contributed by atoms with van der Waals surface area (Å²) in [5.74, 6) is -1.89. The normalized spacial score (nSPS) is 13.7. The van der Waals surface area contributed by atoms with Crippen molar-refractivity contribution in [2.75, 3.05) is 26.4 Å². The third-order valence-electron chi connectivity index (χ3n) is 6.28. The van der Waals surface area contributed by atoms with Gasteiger partial charge in [0.25, 0.3) is 0 Å². The maximum absolute atomic E-state index is 10.2. The second-order valence-corrected chi connectivity index (χ2v) is 10.7. The van der Waals surface area contributed by atoms with Gasteiger partial charge in [0.05, 0.1) is 25.4 Å². The van der Waals surface area contributed by atoms with E-state index in [-0.39, 0.29) is 25.4 Å². The van der Waals surface area contributed by atoms with Gasteiger partial charge < -0.3 is 29.9 Å². The highest BCUT2D eigenvalue weighted by molar-refractivity contribution is 5.68. The van der Waals surface area contributed by atoms with Crippen LogP contribution in [0.15, 0.2) is 85.1 Å². The molecule has 0 unspecified atom stereocenters. The Balaban J connectivity index is 0. The van der Waals surface area contributed by atoms with Gasteiger partial charge in [-0.05, 0) is 51.4 Å². The third-order valence-corrected chi connectivity index (χ3v) is 6.28. The molecule has 0 fully saturated rings. The quantitative estimate of drug-likeness (QED) is 0.0362. The minimum atomic E-state index is -0.951. The largest absolute Gasteiger partial charge is 0.480 e. The molecule has 0 aromatic carbocycles. The molecule has 0 saturated carbocycles. The van der Waals surface area contributed by atoms with Crippen molar-refractivity contribution in [1.82, 2.24) is 0 Å². The molecule has 0 saturated heterocycles. The summed E-state index contributed by atoms with van der Waals surface area (Å²) in [5, 5.41) is 36.1. The average molecular weight is 647 g/mol. The molecule has 0 aliphatic heterocycles. The number of allylic oxidation sites excluding steroid dienone is 10. The maximum atomic E-state index is 10.2. The van der Waals surface area contributed by atoms with Gasteiger partial charge in [-0.1, -0.05) is 137 Å². The van der Waals surface area contributed by atoms with Crippen LogP contribution in [-0.4, -0.2) is 71.0 Å². The number of ether oxygens (including phenoxy) is 2. The molecular formula is C38H62O8. The van der Waals surface area contributed by atoms with Crippen LogP contribution in [0, 0.1) is 0 Å². The van der Waals surface area contributed by atoms with Crippen molar-refractivity contribution in [3.63, 3.8) is 0 Å². The lowest BCUT2D eigenvalue weighted by molar-refractivity contribution is -0.142. The summed E-state index contributed by atoms with van der Waals surface area (Å²) in [6.45, 7) is 4.50. The Morgan fingerprint density at radius 3 is 1.48 bits per heavy atom. The smallest absolute Gasteiger partial charge is 0.329 e. The van der Waals surface area contributed by atoms with Crippen LogP contribution in [0.4, 0.5) is 0 Å². The number of aliphatic hydroxyl groups is 2. The van der Waals surface area contributed by atoms with Crippen molar-refractivity contribution in [3.8, 4) is 0 Å². The Hall–Kier alpha value is -3.04. The molecule has 0 bridgehead atoms. The van der Waals surface area contributed by atoms with Crippen molar-refractivity contribution in [2.45, 2.75) is 116 Å². The molecule has 262 valence electrons. The molecule has 8 nitrogen and oxygen atoms in total. The van der Waals surface area contributed by atoms with E-state index >= 15 is 0 Å². The molecule has 0 spiro atoms. The summed E-state index contributed by atoms with van der Waals surface area (Å²) in [4.78, 5) is 20.4. The molecule has 2 atom stereocenters. The van der Waals surface area contributed by atoms with Crippen molar-refractivity contribution >= 4 is 11.9 Å². The van der Waals surface area contributed by atoms with Gasteiger partial charge in [-0.2, -0.15) is 0 Å². The minimum Gasteiger partial charge on any atom is -0.480 e. The van der Waals surface area contributed by atoms with Gasteiger partial charge in [-0.15, -0.1) is 0 Å². The molecule has 4 N–H and O–H groups in total. The van der Waals surface area contributed by atoms with E-state index in [9.17, 15) is 19.8 Å². The highest BCUT2D eigenvalue weighted by atomic mass is 16.5. The molecular weight excluding hydrogens is 584 g/mol. The Morgan fingerprint density at radius 2 is 0.978 bits per heavy atom. The number of carboxylic acids is 2. The second kappa shape index (κ2) is 38.1. The molecule has 0 amide bonds. The van der Waals surface area contributed by atoms with Crippen LogP contribution in [-0.2, 0) is 19.1 Å². The van der Waals surface area contributed by atoms with E-state index in [0.717, 1.165) is 64.2 Å². The zero-order valence-electron chi connectivity index (χ0n) is 28.4. The summed E-state index contributed by atoms with van der Waals surface area (Å²) in [6, 6.07) is 0. The molecule has 0 aliphatic rings. The average Bonchev–Trinajstić information content (AvgIpc) is 3.02. The number of unbranched alkanes of at least 4 members (excludes halogenated alkanes) is 7. The first kappa shape index (κ1) is 45.1. The first-order valence-corrected chi connectivity index (χ1v) is 16.9. The summed E-state index contributed by atoms with van der Waals surface area (Å²) in [7, 11) is 0. The van der Waals surface area contributed by atoms with Gasteiger partial charge in [0, 0.05) is 0 Å². The molecule has 8 heteroatoms. The lowest BCUT2D eigenvalue weighted by Crippen LogP contribution is -2.06. The van der Waals surface area contributed by atoms with Crippen molar-refractivity contribution in [3.05, 3.63) is 85.1 Å². The van der Waals surface area contributed by atoms with Gasteiger partial charge in [-0.3, -0.25) is 0 Å². The number of carboxylic acid groups (broad SMARTS) is 2. The number of carbonyl (C=O) groups is 2. The van der Waals surface area contributed by atoms with E-state index in [1.165, 1.54) is 25.7 Å². The summed E-state index contributed by atoms with van der Waals surface area (Å²) in [6.07, 6.45) is 41.1. The minimum absolute atomic E-state index is 0.240. The van der Waals surface area contributed by atoms with Crippen LogP contribution in [0.3, 0.4) is 0 Å². The fourth-order valence-corrected chi connectivity index (χ4v) is 3.77. The van der Waals surface area contributed by atoms with Crippen LogP contribution >= 0.6 is 0 Å². The Bertz CT molecular complexity index is 898. The molecule has 0 rings (SSSR count). The van der Waals surface area contributed by atoms with E-state index in [0.29, 0.717) is 13.2 Å². The van der Waals surface area contributed by atoms with E-state index in [2.05, 4.69) is 26.0 Å². The first-order valence-electron chi connectivity index (χ1n) is 16.9. The summed E-state index contributed by atoms with van der Waals surface area (Å²) < 4.78 is 9.76. The zero-order chi connectivity index (χ0) is 34.4. The second-order valence-electron chi connectivity index (χ2n) is 10.7. The van der Waals surface area contributed by atoms with Gasteiger partial charge in [0.1, 0.15) is 13.2 Å². The van der Waals surface area contributed by atoms with Crippen LogP contribution in [0.1, 0.15) is 104 Å². The lowest BCUT2D eigenvalue weighted by Gasteiger charge is -2.03. The first-order chi connectivity index (χ1) is 22.3. The van der Waals surface area contributed by atoms with Gasteiger partial charge in [-0.25, -0.2) is 9.59 Å². The predicted molar refractivity (Wildman–Crippen MR) is 189 cm³/mol. The third kappa shape index (κ3) is 43.1. The van der Waals surface area contributed by atoms with E-state index < -0.39 is 11.9 Å². The van der Waals surface area contributed by atoms with E-state index in [1.54, 1.807) is 0 Å². The maximum Gasteiger partial charge on any atom is 0.329 e. The topological polar surface area (TPSA) is 134 Å². The van der Waals surface area contributed by atoms with Gasteiger partial charge >= 0.3 is 11.9 Å². The highest BCUT2D eigenvalue weighted by Gasteiger charge is 1.97. The van der Waals surface area contributed by atoms with Crippen molar-refractivity contribution < 1.29 is 39.5 Å². The van der Waals surface area contributed by atoms with Crippen molar-refractivity contribution in [2.24, 2.45) is 0 Å². The van der Waals surface area contributed by atoms with Gasteiger partial charge in [0.2, 0.25) is 0 Å². The van der Waals surface area contributed by atoms with E-state index in [4.69, 9.17) is 19.7 Å². The summed E-state index contributed by atoms with van der Waals surface area (Å²) in [5.41, 5.74) is 0. The number of rotatable bonds is 29. The number of aliphatic hydroxyl groups excluding tert-OH is 2. The fraction of sp³-hybridized carbons (Fsp3) is 0.579. The monoisotopic (exact) mass is 646 g/mol. The van der Waals surface area contributed by atoms with Crippen LogP contribution in [0.5, 0.6) is 0 Å². The Morgan fingerprint density at radius 1 is 0.543 bits per heavy atom. The van der Waals surface area contributed by atoms with E-state index in [1.807, 2.05) is 72.9 Å². The predicted octanol–water partition coefficient (Wildman–Crippen LogP) is 8.29. The molecule has 0 aromatic rings. The number of aliphatic carboxylic acids is 2. The molecule has 0 aliphatic carbocycles. The zero-order valence-corrected chi connectivity index (χ0v) is 28.4. The number of hydrogen-bond donors (Lipinski definition) is 4. The fourth-order valence-electron chi connectivity index (χ4n) is 3.77. The van der Waals surface area contributed by atoms with Crippen molar-refractivity contribution in [1.29, 1.82) is 0 Å². The summed E-state index contributed by atoms with van der Waals surface area (Å²) >= 11 is 0. The molecule has 0 radical (unpaired) electrons. The number of hydrogen-bond acceptors (Lipinski definition) is 6. The Kier molecular flexibility index (Phi) is 37.4.